The van der Waals surface area contributed by atoms with E-state index >= 15 is 0 Å². The third kappa shape index (κ3) is 7.38. The number of aliphatic carboxylic acids is 1. The summed E-state index contributed by atoms with van der Waals surface area (Å²) in [6, 6.07) is 0. The highest BCUT2D eigenvalue weighted by molar-refractivity contribution is 5.73. The van der Waals surface area contributed by atoms with Crippen LogP contribution < -0.4 is 0 Å². The number of hydrogen-bond donors (Lipinski definition) is 5. The molecule has 0 spiro atoms. The van der Waals surface area contributed by atoms with Crippen LogP contribution in [0.3, 0.4) is 0 Å². The number of carboxylic acids is 1. The first-order valence-electron chi connectivity index (χ1n) is 12.1. The lowest BCUT2D eigenvalue weighted by Gasteiger charge is -2.41. The van der Waals surface area contributed by atoms with Gasteiger partial charge in [-0.2, -0.15) is 0 Å². The van der Waals surface area contributed by atoms with E-state index in [1.54, 1.807) is 19.9 Å². The van der Waals surface area contributed by atoms with E-state index in [1.807, 2.05) is 6.92 Å². The molecule has 0 aromatic heterocycles. The lowest BCUT2D eigenvalue weighted by Crippen LogP contribution is -2.42. The van der Waals surface area contributed by atoms with Crippen molar-refractivity contribution in [1.82, 2.24) is 0 Å². The fraction of sp³-hybridized carbons (Fsp3) is 0.769. The minimum Gasteiger partial charge on any atom is -0.481 e. The van der Waals surface area contributed by atoms with Gasteiger partial charge in [0.2, 0.25) is 0 Å². The van der Waals surface area contributed by atoms with Crippen molar-refractivity contribution in [1.29, 1.82) is 0 Å². The fourth-order valence-electron chi connectivity index (χ4n) is 5.63. The van der Waals surface area contributed by atoms with Crippen LogP contribution >= 0.6 is 0 Å². The highest BCUT2D eigenvalue weighted by Gasteiger charge is 2.52. The smallest absolute Gasteiger partial charge is 0.309 e. The zero-order valence-electron chi connectivity index (χ0n) is 20.9. The number of fused-ring (bicyclic) bond motifs is 1. The van der Waals surface area contributed by atoms with Gasteiger partial charge >= 0.3 is 11.9 Å². The maximum absolute atomic E-state index is 12.3. The molecule has 1 fully saturated rings. The van der Waals surface area contributed by atoms with E-state index in [0.717, 1.165) is 12.8 Å². The number of carboxylic acid groups (broad SMARTS) is 1. The lowest BCUT2D eigenvalue weighted by molar-refractivity contribution is -0.151. The Kier molecular flexibility index (Phi) is 9.13. The fourth-order valence-corrected chi connectivity index (χ4v) is 5.63. The summed E-state index contributed by atoms with van der Waals surface area (Å²) >= 11 is 0. The predicted molar refractivity (Wildman–Crippen MR) is 127 cm³/mol. The van der Waals surface area contributed by atoms with Gasteiger partial charge in [-0.1, -0.05) is 19.6 Å². The second-order valence-corrected chi connectivity index (χ2v) is 11.3. The second kappa shape index (κ2) is 10.9. The molecule has 0 heterocycles. The van der Waals surface area contributed by atoms with Crippen molar-refractivity contribution >= 4 is 11.9 Å². The molecule has 5 N–H and O–H groups in total. The number of aliphatic hydroxyl groups is 4. The van der Waals surface area contributed by atoms with Crippen LogP contribution in [0.25, 0.3) is 0 Å². The van der Waals surface area contributed by atoms with Crippen molar-refractivity contribution in [3.05, 3.63) is 23.8 Å². The Hall–Kier alpha value is -1.74. The lowest BCUT2D eigenvalue weighted by atomic mass is 9.67. The first kappa shape index (κ1) is 28.5. The molecular formula is C26H42O8. The van der Waals surface area contributed by atoms with Crippen molar-refractivity contribution in [2.45, 2.75) is 102 Å². The summed E-state index contributed by atoms with van der Waals surface area (Å²) in [5.74, 6) is -1.96. The number of hydrogen-bond acceptors (Lipinski definition) is 7. The van der Waals surface area contributed by atoms with Crippen LogP contribution in [0.4, 0.5) is 0 Å². The second-order valence-electron chi connectivity index (χ2n) is 11.3. The van der Waals surface area contributed by atoms with Gasteiger partial charge in [0, 0.05) is 5.41 Å². The SMILES string of the molecule is C=C1CCC2C(C(C)(C)O)CCC2(C)C(O)C=C(COC(=O)CC(C)(O)CC(=O)O)CCC1O. The molecule has 0 aromatic carbocycles. The molecule has 0 amide bonds. The zero-order valence-corrected chi connectivity index (χ0v) is 20.9. The maximum atomic E-state index is 12.3. The molecule has 8 heteroatoms. The molecule has 34 heavy (non-hydrogen) atoms. The van der Waals surface area contributed by atoms with E-state index in [1.165, 1.54) is 6.92 Å². The molecule has 0 aromatic rings. The normalized spacial score (nSPS) is 32.7. The van der Waals surface area contributed by atoms with Gasteiger partial charge in [-0.25, -0.2) is 0 Å². The molecule has 1 saturated carbocycles. The summed E-state index contributed by atoms with van der Waals surface area (Å²) < 4.78 is 5.31. The Morgan fingerprint density at radius 3 is 2.35 bits per heavy atom. The number of aliphatic hydroxyl groups excluding tert-OH is 2. The average Bonchev–Trinajstić information content (AvgIpc) is 3.03. The summed E-state index contributed by atoms with van der Waals surface area (Å²) in [7, 11) is 0. The number of esters is 1. The Morgan fingerprint density at radius 1 is 1.12 bits per heavy atom. The van der Waals surface area contributed by atoms with Gasteiger partial charge in [-0.3, -0.25) is 9.59 Å². The summed E-state index contributed by atoms with van der Waals surface area (Å²) in [5.41, 5.74) is -1.78. The number of carbonyl (C=O) groups is 2. The molecule has 0 aliphatic heterocycles. The molecule has 0 saturated heterocycles. The van der Waals surface area contributed by atoms with E-state index in [0.29, 0.717) is 36.8 Å². The van der Waals surface area contributed by atoms with E-state index in [2.05, 4.69) is 6.58 Å². The molecule has 8 nitrogen and oxygen atoms in total. The van der Waals surface area contributed by atoms with Gasteiger partial charge in [-0.05, 0) is 82.3 Å². The largest absolute Gasteiger partial charge is 0.481 e. The summed E-state index contributed by atoms with van der Waals surface area (Å²) in [5, 5.41) is 51.6. The van der Waals surface area contributed by atoms with E-state index < -0.39 is 53.6 Å². The average molecular weight is 483 g/mol. The summed E-state index contributed by atoms with van der Waals surface area (Å²) in [6.45, 7) is 10.8. The predicted octanol–water partition coefficient (Wildman–Crippen LogP) is 2.73. The number of ether oxygens (including phenoxy) is 1. The third-order valence-corrected chi connectivity index (χ3v) is 7.77. The van der Waals surface area contributed by atoms with Crippen LogP contribution in [0.5, 0.6) is 0 Å². The molecule has 0 radical (unpaired) electrons. The van der Waals surface area contributed by atoms with Crippen molar-refractivity contribution in [2.75, 3.05) is 6.61 Å². The van der Waals surface area contributed by atoms with Gasteiger partial charge in [0.15, 0.2) is 0 Å². The van der Waals surface area contributed by atoms with Crippen molar-refractivity contribution in [3.8, 4) is 0 Å². The van der Waals surface area contributed by atoms with Crippen LogP contribution in [-0.2, 0) is 14.3 Å². The van der Waals surface area contributed by atoms with Crippen LogP contribution in [0, 0.1) is 17.3 Å². The highest BCUT2D eigenvalue weighted by Crippen LogP contribution is 2.55. The molecule has 6 atom stereocenters. The Bertz CT molecular complexity index is 793. The van der Waals surface area contributed by atoms with Crippen LogP contribution in [0.2, 0.25) is 0 Å². The summed E-state index contributed by atoms with van der Waals surface area (Å²) in [6.07, 6.45) is 2.62. The van der Waals surface area contributed by atoms with Crippen molar-refractivity contribution < 1.29 is 39.9 Å². The summed E-state index contributed by atoms with van der Waals surface area (Å²) in [4.78, 5) is 23.1. The van der Waals surface area contributed by atoms with Crippen LogP contribution in [0.15, 0.2) is 23.8 Å². The van der Waals surface area contributed by atoms with Gasteiger partial charge in [0.25, 0.3) is 0 Å². The van der Waals surface area contributed by atoms with E-state index in [9.17, 15) is 30.0 Å². The van der Waals surface area contributed by atoms with Gasteiger partial charge in [0.1, 0.15) is 6.61 Å². The van der Waals surface area contributed by atoms with E-state index in [4.69, 9.17) is 9.84 Å². The molecule has 2 aliphatic rings. The van der Waals surface area contributed by atoms with Crippen LogP contribution in [-0.4, -0.2) is 67.5 Å². The van der Waals surface area contributed by atoms with Gasteiger partial charge in [0.05, 0.1) is 36.3 Å². The molecule has 2 rings (SSSR count). The van der Waals surface area contributed by atoms with Crippen molar-refractivity contribution in [3.63, 3.8) is 0 Å². The monoisotopic (exact) mass is 482 g/mol. The Labute approximate surface area is 202 Å². The number of carbonyl (C=O) groups excluding carboxylic acids is 1. The Morgan fingerprint density at radius 2 is 1.76 bits per heavy atom. The molecular weight excluding hydrogens is 440 g/mol. The number of rotatable bonds is 7. The van der Waals surface area contributed by atoms with E-state index in [-0.39, 0.29) is 18.4 Å². The van der Waals surface area contributed by atoms with Crippen LogP contribution in [0.1, 0.15) is 79.1 Å². The highest BCUT2D eigenvalue weighted by atomic mass is 16.5. The molecule has 2 aliphatic carbocycles. The molecule has 6 unspecified atom stereocenters. The Balaban J connectivity index is 2.23. The minimum atomic E-state index is -1.73. The maximum Gasteiger partial charge on any atom is 0.309 e. The van der Waals surface area contributed by atoms with Crippen molar-refractivity contribution in [2.24, 2.45) is 17.3 Å². The topological polar surface area (TPSA) is 145 Å². The first-order valence-corrected chi connectivity index (χ1v) is 12.1. The quantitative estimate of drug-likeness (QED) is 0.275. The van der Waals surface area contributed by atoms with Gasteiger partial charge in [-0.15, -0.1) is 0 Å². The first-order chi connectivity index (χ1) is 15.5. The standard InChI is InChI=1S/C26H42O8/c1-16-6-8-19-18(24(2,3)32)10-11-26(19,5)21(28)12-17(7-9-20(16)27)15-34-23(31)14-25(4,33)13-22(29)30/h12,18-21,27-28,32-33H,1,6-11,13-15H2,2-5H3,(H,29,30). The zero-order chi connectivity index (χ0) is 25.9. The van der Waals surface area contributed by atoms with Gasteiger partial charge < -0.3 is 30.3 Å². The molecule has 194 valence electrons. The minimum absolute atomic E-state index is 0.00992. The molecule has 0 bridgehead atoms. The third-order valence-electron chi connectivity index (χ3n) is 7.77.